The van der Waals surface area contributed by atoms with Crippen molar-refractivity contribution in [1.82, 2.24) is 14.6 Å². The maximum atomic E-state index is 12.5. The molecule has 0 atom stereocenters. The van der Waals surface area contributed by atoms with Crippen LogP contribution in [0.5, 0.6) is 0 Å². The van der Waals surface area contributed by atoms with Gasteiger partial charge in [-0.2, -0.15) is 9.61 Å². The van der Waals surface area contributed by atoms with Gasteiger partial charge in [-0.1, -0.05) is 49.9 Å². The van der Waals surface area contributed by atoms with Gasteiger partial charge in [0, 0.05) is 23.6 Å². The Morgan fingerprint density at radius 1 is 1.00 bits per heavy atom. The van der Waals surface area contributed by atoms with Crippen LogP contribution in [-0.4, -0.2) is 26.5 Å². The summed E-state index contributed by atoms with van der Waals surface area (Å²) in [7, 11) is 0. The number of amides is 1. The smallest absolute Gasteiger partial charge is 0.338 e. The van der Waals surface area contributed by atoms with Gasteiger partial charge in [0.05, 0.1) is 11.3 Å². The molecule has 0 unspecified atom stereocenters. The van der Waals surface area contributed by atoms with Gasteiger partial charge in [0.15, 0.2) is 0 Å². The first kappa shape index (κ1) is 23.7. The van der Waals surface area contributed by atoms with Crippen molar-refractivity contribution >= 4 is 33.9 Å². The van der Waals surface area contributed by atoms with E-state index < -0.39 is 5.97 Å². The number of fused-ring (bicyclic) bond motifs is 1. The lowest BCUT2D eigenvalue weighted by molar-refractivity contribution is -0.120. The molecule has 1 aromatic carbocycles. The monoisotopic (exact) mass is 494 g/mol. The fourth-order valence-corrected chi connectivity index (χ4v) is 6.07. The minimum absolute atomic E-state index is 0.0440. The Morgan fingerprint density at radius 3 is 2.40 bits per heavy atom. The van der Waals surface area contributed by atoms with E-state index in [2.05, 4.69) is 15.4 Å². The number of hydrogen-bond acceptors (Lipinski definition) is 7. The molecule has 2 fully saturated rings. The number of benzene rings is 1. The van der Waals surface area contributed by atoms with Gasteiger partial charge in [-0.25, -0.2) is 9.78 Å². The summed E-state index contributed by atoms with van der Waals surface area (Å²) in [5.74, 6) is -0.00187. The molecule has 1 amide bonds. The van der Waals surface area contributed by atoms with Gasteiger partial charge < -0.3 is 10.1 Å². The standard InChI is InChI=1S/C26H30N4O4S/c31-22-15-21(28-26-30(22)29-24(35-26)18-9-5-2-6-10-18)16-34-25(33)19-11-13-20(14-12-19)27-23(32)17-7-3-1-4-8-17/h11-15,17-18H,1-10,16H2,(H,27,32). The summed E-state index contributed by atoms with van der Waals surface area (Å²) in [4.78, 5) is 42.5. The zero-order chi connectivity index (χ0) is 24.2. The maximum absolute atomic E-state index is 12.5. The fourth-order valence-electron chi connectivity index (χ4n) is 4.98. The van der Waals surface area contributed by atoms with Crippen LogP contribution in [0.4, 0.5) is 5.69 Å². The third-order valence-corrected chi connectivity index (χ3v) is 8.05. The summed E-state index contributed by atoms with van der Waals surface area (Å²) in [6, 6.07) is 8.04. The number of anilines is 1. The molecule has 2 saturated carbocycles. The van der Waals surface area contributed by atoms with Crippen molar-refractivity contribution < 1.29 is 14.3 Å². The number of nitrogens with zero attached hydrogens (tertiary/aromatic N) is 3. The number of ether oxygens (including phenoxy) is 1. The lowest BCUT2D eigenvalue weighted by atomic mass is 9.88. The Kier molecular flexibility index (Phi) is 7.22. The van der Waals surface area contributed by atoms with Crippen molar-refractivity contribution in [3.05, 3.63) is 57.0 Å². The number of rotatable bonds is 6. The van der Waals surface area contributed by atoms with Crippen LogP contribution in [0.15, 0.2) is 35.1 Å². The van der Waals surface area contributed by atoms with Crippen molar-refractivity contribution in [3.8, 4) is 0 Å². The molecule has 2 aliphatic carbocycles. The Balaban J connectivity index is 1.19. The van der Waals surface area contributed by atoms with Crippen molar-refractivity contribution in [1.29, 1.82) is 0 Å². The molecule has 0 saturated heterocycles. The molecule has 5 rings (SSSR count). The molecule has 8 nitrogen and oxygen atoms in total. The summed E-state index contributed by atoms with van der Waals surface area (Å²) in [5.41, 5.74) is 1.17. The highest BCUT2D eigenvalue weighted by molar-refractivity contribution is 7.16. The number of aromatic nitrogens is 3. The zero-order valence-electron chi connectivity index (χ0n) is 19.7. The van der Waals surface area contributed by atoms with Gasteiger partial charge >= 0.3 is 5.97 Å². The minimum Gasteiger partial charge on any atom is -0.456 e. The molecular formula is C26H30N4O4S. The molecule has 0 spiro atoms. The highest BCUT2D eigenvalue weighted by Gasteiger charge is 2.22. The van der Waals surface area contributed by atoms with E-state index >= 15 is 0 Å². The molecular weight excluding hydrogens is 464 g/mol. The van der Waals surface area contributed by atoms with Crippen LogP contribution in [0.3, 0.4) is 0 Å². The van der Waals surface area contributed by atoms with Crippen LogP contribution in [0, 0.1) is 5.92 Å². The molecule has 0 aliphatic heterocycles. The summed E-state index contributed by atoms with van der Waals surface area (Å²) in [5, 5.41) is 8.40. The van der Waals surface area contributed by atoms with Crippen molar-refractivity contribution in [2.75, 3.05) is 5.32 Å². The minimum atomic E-state index is -0.510. The predicted molar refractivity (Wildman–Crippen MR) is 134 cm³/mol. The molecule has 35 heavy (non-hydrogen) atoms. The van der Waals surface area contributed by atoms with E-state index in [4.69, 9.17) is 4.74 Å². The molecule has 2 heterocycles. The highest BCUT2D eigenvalue weighted by Crippen LogP contribution is 2.34. The van der Waals surface area contributed by atoms with Gasteiger partial charge in [0.2, 0.25) is 10.9 Å². The third-order valence-electron chi connectivity index (χ3n) is 6.98. The Morgan fingerprint density at radius 2 is 1.69 bits per heavy atom. The molecule has 0 bridgehead atoms. The second-order valence-corrected chi connectivity index (χ2v) is 10.5. The topological polar surface area (TPSA) is 103 Å². The molecule has 2 aromatic heterocycles. The average molecular weight is 495 g/mol. The fraction of sp³-hybridized carbons (Fsp3) is 0.500. The molecule has 3 aromatic rings. The van der Waals surface area contributed by atoms with Crippen LogP contribution in [-0.2, 0) is 16.1 Å². The van der Waals surface area contributed by atoms with Crippen LogP contribution in [0.1, 0.15) is 91.2 Å². The predicted octanol–water partition coefficient (Wildman–Crippen LogP) is 5.07. The molecule has 184 valence electrons. The molecule has 9 heteroatoms. The van der Waals surface area contributed by atoms with E-state index in [9.17, 15) is 14.4 Å². The average Bonchev–Trinajstić information content (AvgIpc) is 3.34. The van der Waals surface area contributed by atoms with E-state index in [1.165, 1.54) is 47.6 Å². The second-order valence-electron chi connectivity index (χ2n) is 9.53. The zero-order valence-corrected chi connectivity index (χ0v) is 20.5. The van der Waals surface area contributed by atoms with Crippen LogP contribution in [0.2, 0.25) is 0 Å². The van der Waals surface area contributed by atoms with Crippen LogP contribution < -0.4 is 10.9 Å². The number of hydrogen-bond donors (Lipinski definition) is 1. The molecule has 0 radical (unpaired) electrons. The summed E-state index contributed by atoms with van der Waals surface area (Å²) >= 11 is 1.45. The lowest BCUT2D eigenvalue weighted by Crippen LogP contribution is -2.24. The summed E-state index contributed by atoms with van der Waals surface area (Å²) in [6.45, 7) is -0.0958. The first-order valence-corrected chi connectivity index (χ1v) is 13.4. The maximum Gasteiger partial charge on any atom is 0.338 e. The normalized spacial score (nSPS) is 17.4. The van der Waals surface area contributed by atoms with Gasteiger partial charge in [-0.05, 0) is 49.9 Å². The van der Waals surface area contributed by atoms with Crippen molar-refractivity contribution in [2.45, 2.75) is 76.7 Å². The van der Waals surface area contributed by atoms with Crippen LogP contribution >= 0.6 is 11.3 Å². The van der Waals surface area contributed by atoms with Gasteiger partial charge in [0.1, 0.15) is 11.6 Å². The summed E-state index contributed by atoms with van der Waals surface area (Å²) in [6.07, 6.45) is 11.1. The van der Waals surface area contributed by atoms with Gasteiger partial charge in [-0.3, -0.25) is 9.59 Å². The molecule has 2 aliphatic rings. The first-order chi connectivity index (χ1) is 17.1. The van der Waals surface area contributed by atoms with E-state index in [0.717, 1.165) is 43.5 Å². The van der Waals surface area contributed by atoms with Crippen molar-refractivity contribution in [2.24, 2.45) is 5.92 Å². The molecule has 1 N–H and O–H groups in total. The lowest BCUT2D eigenvalue weighted by Gasteiger charge is -2.20. The van der Waals surface area contributed by atoms with Gasteiger partial charge in [0.25, 0.3) is 5.56 Å². The van der Waals surface area contributed by atoms with E-state index in [1.807, 2.05) is 0 Å². The number of carbonyl (C=O) groups is 2. The van der Waals surface area contributed by atoms with E-state index in [0.29, 0.717) is 27.8 Å². The first-order valence-electron chi connectivity index (χ1n) is 12.5. The summed E-state index contributed by atoms with van der Waals surface area (Å²) < 4.78 is 6.75. The largest absolute Gasteiger partial charge is 0.456 e. The highest BCUT2D eigenvalue weighted by atomic mass is 32.1. The SMILES string of the molecule is O=C(OCc1cc(=O)n2nc(C3CCCCC3)sc2n1)c1ccc(NC(=O)C2CCCCC2)cc1. The Labute approximate surface area is 207 Å². The number of esters is 1. The third kappa shape index (κ3) is 5.61. The van der Waals surface area contributed by atoms with E-state index in [1.54, 1.807) is 24.3 Å². The Bertz CT molecular complexity index is 1250. The number of carbonyl (C=O) groups excluding carboxylic acids is 2. The second kappa shape index (κ2) is 10.7. The van der Waals surface area contributed by atoms with Gasteiger partial charge in [-0.15, -0.1) is 0 Å². The number of nitrogens with one attached hydrogen (secondary N) is 1. The van der Waals surface area contributed by atoms with E-state index in [-0.39, 0.29) is 24.0 Å². The van der Waals surface area contributed by atoms with Crippen LogP contribution in [0.25, 0.3) is 4.96 Å². The Hall–Kier alpha value is -3.07. The quantitative estimate of drug-likeness (QED) is 0.480. The van der Waals surface area contributed by atoms with Crippen molar-refractivity contribution in [3.63, 3.8) is 0 Å².